The Morgan fingerprint density at radius 1 is 1.09 bits per heavy atom. The summed E-state index contributed by atoms with van der Waals surface area (Å²) >= 11 is 0. The Hall–Kier alpha value is -3.47. The molecule has 0 radical (unpaired) electrons. The van der Waals surface area contributed by atoms with Crippen molar-refractivity contribution in [1.82, 2.24) is 15.2 Å². The second-order valence-electron chi connectivity index (χ2n) is 9.08. The second-order valence-corrected chi connectivity index (χ2v) is 9.08. The third-order valence-corrected chi connectivity index (χ3v) is 6.84. The summed E-state index contributed by atoms with van der Waals surface area (Å²) in [7, 11) is 1.68. The summed E-state index contributed by atoms with van der Waals surface area (Å²) in [6, 6.07) is 20.2. The number of nitrogens with one attached hydrogen (secondary N) is 1. The predicted octanol–water partition coefficient (Wildman–Crippen LogP) is 4.37. The smallest absolute Gasteiger partial charge is 0.229 e. The van der Waals surface area contributed by atoms with E-state index in [1.807, 2.05) is 73.5 Å². The molecule has 4 rings (SSSR count). The summed E-state index contributed by atoms with van der Waals surface area (Å²) in [6.45, 7) is 4.99. The summed E-state index contributed by atoms with van der Waals surface area (Å²) in [5.74, 6) is -0.180. The Labute approximate surface area is 195 Å². The summed E-state index contributed by atoms with van der Waals surface area (Å²) in [6.07, 6.45) is 4.81. The van der Waals surface area contributed by atoms with Crippen molar-refractivity contribution in [2.45, 2.75) is 32.6 Å². The molecule has 0 bridgehead atoms. The minimum atomic E-state index is -0.657. The van der Waals surface area contributed by atoms with Crippen molar-refractivity contribution in [2.24, 2.45) is 5.41 Å². The van der Waals surface area contributed by atoms with E-state index in [1.165, 1.54) is 5.56 Å². The number of amides is 2. The van der Waals surface area contributed by atoms with Crippen LogP contribution in [-0.2, 0) is 16.0 Å². The van der Waals surface area contributed by atoms with Gasteiger partial charge < -0.3 is 10.2 Å². The average molecular weight is 442 g/mol. The second kappa shape index (κ2) is 9.57. The molecule has 1 aliphatic rings. The SMILES string of the molecule is CNC(=O)C1(Cc2ccccc2-c2cccnc2)CCN(C(=O)C(C)c2ccc(C)cc2)C1. The maximum atomic E-state index is 13.4. The largest absolute Gasteiger partial charge is 0.359 e. The van der Waals surface area contributed by atoms with Crippen LogP contribution in [0.3, 0.4) is 0 Å². The van der Waals surface area contributed by atoms with Crippen LogP contribution in [0.1, 0.15) is 36.0 Å². The molecule has 0 aliphatic carbocycles. The lowest BCUT2D eigenvalue weighted by Gasteiger charge is -2.29. The minimum Gasteiger partial charge on any atom is -0.359 e. The van der Waals surface area contributed by atoms with Gasteiger partial charge >= 0.3 is 0 Å². The summed E-state index contributed by atoms with van der Waals surface area (Å²) < 4.78 is 0. The van der Waals surface area contributed by atoms with Crippen LogP contribution < -0.4 is 5.32 Å². The number of nitrogens with zero attached hydrogens (tertiary/aromatic N) is 2. The van der Waals surface area contributed by atoms with Gasteiger partial charge in [0.05, 0.1) is 11.3 Å². The molecule has 2 heterocycles. The Morgan fingerprint density at radius 3 is 2.55 bits per heavy atom. The Morgan fingerprint density at radius 2 is 1.85 bits per heavy atom. The van der Waals surface area contributed by atoms with Crippen LogP contribution >= 0.6 is 0 Å². The number of aryl methyl sites for hydroxylation is 1. The molecule has 170 valence electrons. The van der Waals surface area contributed by atoms with Crippen LogP contribution in [0, 0.1) is 12.3 Å². The van der Waals surface area contributed by atoms with Crippen LogP contribution in [0.2, 0.25) is 0 Å². The first kappa shape index (κ1) is 22.7. The van der Waals surface area contributed by atoms with E-state index in [1.54, 1.807) is 13.2 Å². The van der Waals surface area contributed by atoms with Crippen molar-refractivity contribution in [1.29, 1.82) is 0 Å². The molecule has 1 N–H and O–H groups in total. The molecule has 1 saturated heterocycles. The summed E-state index contributed by atoms with van der Waals surface area (Å²) in [4.78, 5) is 32.7. The van der Waals surface area contributed by atoms with E-state index in [0.717, 1.165) is 22.3 Å². The lowest BCUT2D eigenvalue weighted by atomic mass is 9.78. The summed E-state index contributed by atoms with van der Waals surface area (Å²) in [5.41, 5.74) is 4.71. The van der Waals surface area contributed by atoms with Gasteiger partial charge in [0, 0.05) is 38.1 Å². The number of pyridine rings is 1. The lowest BCUT2D eigenvalue weighted by molar-refractivity contribution is -0.133. The van der Waals surface area contributed by atoms with E-state index >= 15 is 0 Å². The number of likely N-dealkylation sites (tertiary alicyclic amines) is 1. The van der Waals surface area contributed by atoms with Crippen LogP contribution in [-0.4, -0.2) is 41.8 Å². The maximum absolute atomic E-state index is 13.4. The van der Waals surface area contributed by atoms with Gasteiger partial charge in [0.2, 0.25) is 11.8 Å². The maximum Gasteiger partial charge on any atom is 0.229 e. The molecule has 2 aromatic carbocycles. The molecule has 2 amide bonds. The van der Waals surface area contributed by atoms with E-state index in [0.29, 0.717) is 25.9 Å². The first-order valence-electron chi connectivity index (χ1n) is 11.5. The van der Waals surface area contributed by atoms with Gasteiger partial charge in [-0.25, -0.2) is 0 Å². The molecule has 5 nitrogen and oxygen atoms in total. The molecule has 33 heavy (non-hydrogen) atoms. The van der Waals surface area contributed by atoms with Gasteiger partial charge in [-0.3, -0.25) is 14.6 Å². The molecular formula is C28H31N3O2. The van der Waals surface area contributed by atoms with Gasteiger partial charge in [0.25, 0.3) is 0 Å². The lowest BCUT2D eigenvalue weighted by Crippen LogP contribution is -2.44. The van der Waals surface area contributed by atoms with Crippen LogP contribution in [0.4, 0.5) is 0 Å². The van der Waals surface area contributed by atoms with Crippen molar-refractivity contribution in [2.75, 3.05) is 20.1 Å². The van der Waals surface area contributed by atoms with Gasteiger partial charge in [0.15, 0.2) is 0 Å². The number of benzene rings is 2. The Bertz CT molecular complexity index is 1130. The highest BCUT2D eigenvalue weighted by atomic mass is 16.2. The summed E-state index contributed by atoms with van der Waals surface area (Å²) in [5, 5.41) is 2.86. The normalized spacial score (nSPS) is 18.7. The highest BCUT2D eigenvalue weighted by Crippen LogP contribution is 2.38. The molecule has 1 fully saturated rings. The molecule has 0 spiro atoms. The third kappa shape index (κ3) is 4.68. The van der Waals surface area contributed by atoms with Crippen molar-refractivity contribution in [3.05, 3.63) is 89.7 Å². The molecule has 1 aliphatic heterocycles. The number of aromatic nitrogens is 1. The molecule has 3 aromatic rings. The third-order valence-electron chi connectivity index (χ3n) is 6.84. The molecule has 0 saturated carbocycles. The van der Waals surface area contributed by atoms with Crippen LogP contribution in [0.15, 0.2) is 73.1 Å². The Kier molecular flexibility index (Phi) is 6.59. The van der Waals surface area contributed by atoms with Crippen molar-refractivity contribution in [3.63, 3.8) is 0 Å². The van der Waals surface area contributed by atoms with Crippen molar-refractivity contribution < 1.29 is 9.59 Å². The van der Waals surface area contributed by atoms with Crippen molar-refractivity contribution in [3.8, 4) is 11.1 Å². The molecule has 2 unspecified atom stereocenters. The fourth-order valence-corrected chi connectivity index (χ4v) is 4.85. The van der Waals surface area contributed by atoms with Gasteiger partial charge in [-0.2, -0.15) is 0 Å². The van der Waals surface area contributed by atoms with Crippen LogP contribution in [0.25, 0.3) is 11.1 Å². The minimum absolute atomic E-state index is 0.0122. The monoisotopic (exact) mass is 441 g/mol. The van der Waals surface area contributed by atoms with Crippen LogP contribution in [0.5, 0.6) is 0 Å². The zero-order chi connectivity index (χ0) is 23.4. The predicted molar refractivity (Wildman–Crippen MR) is 131 cm³/mol. The topological polar surface area (TPSA) is 62.3 Å². The van der Waals surface area contributed by atoms with Crippen molar-refractivity contribution >= 4 is 11.8 Å². The van der Waals surface area contributed by atoms with Gasteiger partial charge in [-0.15, -0.1) is 0 Å². The van der Waals surface area contributed by atoms with E-state index in [2.05, 4.69) is 22.4 Å². The molecular weight excluding hydrogens is 410 g/mol. The van der Waals surface area contributed by atoms with E-state index in [4.69, 9.17) is 0 Å². The highest BCUT2D eigenvalue weighted by molar-refractivity contribution is 5.88. The zero-order valence-electron chi connectivity index (χ0n) is 19.5. The number of carbonyl (C=O) groups excluding carboxylic acids is 2. The fraction of sp³-hybridized carbons (Fsp3) is 0.321. The van der Waals surface area contributed by atoms with Gasteiger partial charge in [-0.05, 0) is 49.4 Å². The average Bonchev–Trinajstić information content (AvgIpc) is 3.29. The van der Waals surface area contributed by atoms with E-state index in [9.17, 15) is 9.59 Å². The fourth-order valence-electron chi connectivity index (χ4n) is 4.85. The molecule has 1 aromatic heterocycles. The highest BCUT2D eigenvalue weighted by Gasteiger charge is 2.46. The number of hydrogen-bond donors (Lipinski definition) is 1. The number of carbonyl (C=O) groups is 2. The first-order valence-corrected chi connectivity index (χ1v) is 11.5. The number of hydrogen-bond acceptors (Lipinski definition) is 3. The first-order chi connectivity index (χ1) is 15.9. The van der Waals surface area contributed by atoms with E-state index in [-0.39, 0.29) is 17.7 Å². The van der Waals surface area contributed by atoms with E-state index < -0.39 is 5.41 Å². The quantitative estimate of drug-likeness (QED) is 0.618. The number of rotatable bonds is 6. The molecule has 2 atom stereocenters. The Balaban J connectivity index is 1.59. The zero-order valence-corrected chi connectivity index (χ0v) is 19.5. The standard InChI is InChI=1S/C28H31N3O2/c1-20-10-12-22(13-11-20)21(2)26(32)31-16-14-28(19-31,27(33)29-3)17-23-7-4-5-9-25(23)24-8-6-15-30-18-24/h4-13,15,18,21H,14,16-17,19H2,1-3H3,(H,29,33). The van der Waals surface area contributed by atoms with Gasteiger partial charge in [0.1, 0.15) is 0 Å². The van der Waals surface area contributed by atoms with Gasteiger partial charge in [-0.1, -0.05) is 60.2 Å². The molecule has 5 heteroatoms.